The van der Waals surface area contributed by atoms with Gasteiger partial charge >= 0.3 is 5.97 Å². The van der Waals surface area contributed by atoms with Crippen molar-refractivity contribution in [2.45, 2.75) is 6.92 Å². The predicted octanol–water partition coefficient (Wildman–Crippen LogP) is 4.44. The summed E-state index contributed by atoms with van der Waals surface area (Å²) in [7, 11) is 1.46. The van der Waals surface area contributed by atoms with Gasteiger partial charge in [0.1, 0.15) is 16.0 Å². The zero-order chi connectivity index (χ0) is 19.7. The van der Waals surface area contributed by atoms with Crippen LogP contribution in [0.1, 0.15) is 25.7 Å². The van der Waals surface area contributed by atoms with E-state index in [0.717, 1.165) is 21.6 Å². The number of benzene rings is 2. The van der Waals surface area contributed by atoms with Crippen molar-refractivity contribution in [3.63, 3.8) is 0 Å². The largest absolute Gasteiger partial charge is 0.493 e. The van der Waals surface area contributed by atoms with Crippen molar-refractivity contribution in [1.29, 1.82) is 0 Å². The molecule has 7 heteroatoms. The van der Waals surface area contributed by atoms with Gasteiger partial charge in [-0.15, -0.1) is 11.3 Å². The number of methoxy groups -OCH3 is 1. The number of fused-ring (bicyclic) bond motifs is 1. The van der Waals surface area contributed by atoms with Crippen molar-refractivity contribution < 1.29 is 19.1 Å². The predicted molar refractivity (Wildman–Crippen MR) is 107 cm³/mol. The van der Waals surface area contributed by atoms with Gasteiger partial charge in [-0.25, -0.2) is 9.48 Å². The van der Waals surface area contributed by atoms with Crippen LogP contribution in [0.15, 0.2) is 54.6 Å². The summed E-state index contributed by atoms with van der Waals surface area (Å²) in [6, 6.07) is 16.2. The molecule has 2 heterocycles. The summed E-state index contributed by atoms with van der Waals surface area (Å²) in [6.45, 7) is 1.91. The minimum absolute atomic E-state index is 0.261. The normalized spacial score (nSPS) is 10.8. The lowest BCUT2D eigenvalue weighted by molar-refractivity contribution is 0.0735. The number of aldehydes is 1. The topological polar surface area (TPSA) is 70.4 Å². The number of carbonyl (C=O) groups excluding carboxylic acids is 2. The van der Waals surface area contributed by atoms with Gasteiger partial charge in [-0.05, 0) is 43.3 Å². The van der Waals surface area contributed by atoms with Crippen LogP contribution < -0.4 is 9.47 Å². The molecular formula is C21H16N2O4S. The van der Waals surface area contributed by atoms with Gasteiger partial charge in [0.15, 0.2) is 11.5 Å². The molecule has 0 unspecified atom stereocenters. The van der Waals surface area contributed by atoms with E-state index in [1.807, 2.05) is 41.9 Å². The van der Waals surface area contributed by atoms with Crippen molar-refractivity contribution in [1.82, 2.24) is 9.78 Å². The summed E-state index contributed by atoms with van der Waals surface area (Å²) in [5.41, 5.74) is 2.20. The first-order valence-corrected chi connectivity index (χ1v) is 9.32. The van der Waals surface area contributed by atoms with Crippen molar-refractivity contribution in [2.75, 3.05) is 7.11 Å². The van der Waals surface area contributed by atoms with E-state index in [-0.39, 0.29) is 5.75 Å². The highest BCUT2D eigenvalue weighted by molar-refractivity contribution is 7.20. The average Bonchev–Trinajstić information content (AvgIpc) is 3.29. The molecule has 0 aliphatic carbocycles. The summed E-state index contributed by atoms with van der Waals surface area (Å²) >= 11 is 1.32. The molecule has 0 atom stereocenters. The fraction of sp³-hybridized carbons (Fsp3) is 0.0952. The number of hydrogen-bond acceptors (Lipinski definition) is 6. The first-order valence-electron chi connectivity index (χ1n) is 8.50. The molecule has 0 aliphatic heterocycles. The standard InChI is InChI=1S/C21H16N2O4S/c1-13-16-11-19(28-20(16)23(22-13)15-6-4-3-5-7-15)21(25)27-17-9-8-14(12-24)10-18(17)26-2/h3-12H,1-2H3. The van der Waals surface area contributed by atoms with E-state index in [1.54, 1.807) is 18.2 Å². The molecular weight excluding hydrogens is 376 g/mol. The molecule has 0 N–H and O–H groups in total. The molecule has 28 heavy (non-hydrogen) atoms. The Bertz CT molecular complexity index is 1180. The lowest BCUT2D eigenvalue weighted by Crippen LogP contribution is -2.07. The molecule has 0 spiro atoms. The van der Waals surface area contributed by atoms with E-state index in [2.05, 4.69) is 5.10 Å². The smallest absolute Gasteiger partial charge is 0.353 e. The van der Waals surface area contributed by atoms with Crippen LogP contribution in [-0.2, 0) is 0 Å². The molecule has 6 nitrogen and oxygen atoms in total. The third-order valence-electron chi connectivity index (χ3n) is 4.27. The number of rotatable bonds is 5. The summed E-state index contributed by atoms with van der Waals surface area (Å²) in [4.78, 5) is 24.9. The first kappa shape index (κ1) is 17.9. The summed E-state index contributed by atoms with van der Waals surface area (Å²) < 4.78 is 12.5. The third-order valence-corrected chi connectivity index (χ3v) is 5.36. The zero-order valence-corrected chi connectivity index (χ0v) is 16.0. The van der Waals surface area contributed by atoms with Crippen LogP contribution in [0.5, 0.6) is 11.5 Å². The maximum atomic E-state index is 12.7. The number of ether oxygens (including phenoxy) is 2. The van der Waals surface area contributed by atoms with Gasteiger partial charge in [0.2, 0.25) is 0 Å². The van der Waals surface area contributed by atoms with Gasteiger partial charge in [-0.2, -0.15) is 5.10 Å². The number of hydrogen-bond donors (Lipinski definition) is 0. The van der Waals surface area contributed by atoms with Crippen LogP contribution in [0.3, 0.4) is 0 Å². The molecule has 0 amide bonds. The van der Waals surface area contributed by atoms with Gasteiger partial charge in [-0.3, -0.25) is 4.79 Å². The minimum Gasteiger partial charge on any atom is -0.493 e. The molecule has 0 saturated heterocycles. The monoisotopic (exact) mass is 392 g/mol. The highest BCUT2D eigenvalue weighted by atomic mass is 32.1. The third kappa shape index (κ3) is 3.16. The van der Waals surface area contributed by atoms with Crippen LogP contribution in [-0.4, -0.2) is 29.1 Å². The number of esters is 1. The maximum absolute atomic E-state index is 12.7. The van der Waals surface area contributed by atoms with Gasteiger partial charge < -0.3 is 9.47 Å². The number of para-hydroxylation sites is 1. The number of aryl methyl sites for hydroxylation is 1. The number of nitrogens with zero attached hydrogens (tertiary/aromatic N) is 2. The van der Waals surface area contributed by atoms with Gasteiger partial charge in [0.05, 0.1) is 18.5 Å². The van der Waals surface area contributed by atoms with Crippen molar-refractivity contribution >= 4 is 33.8 Å². The molecule has 0 fully saturated rings. The quantitative estimate of drug-likeness (QED) is 0.285. The Hall–Kier alpha value is -3.45. The summed E-state index contributed by atoms with van der Waals surface area (Å²) in [5.74, 6) is 0.0973. The fourth-order valence-electron chi connectivity index (χ4n) is 2.88. The number of aromatic nitrogens is 2. The second-order valence-corrected chi connectivity index (χ2v) is 7.11. The Kier molecular flexibility index (Phi) is 4.67. The van der Waals surface area contributed by atoms with Crippen LogP contribution in [0.2, 0.25) is 0 Å². The van der Waals surface area contributed by atoms with Crippen molar-refractivity contribution in [3.05, 3.63) is 70.7 Å². The second kappa shape index (κ2) is 7.28. The van der Waals surface area contributed by atoms with E-state index < -0.39 is 5.97 Å². The molecule has 4 rings (SSSR count). The fourth-order valence-corrected chi connectivity index (χ4v) is 3.94. The molecule has 0 radical (unpaired) electrons. The van der Waals surface area contributed by atoms with E-state index in [4.69, 9.17) is 9.47 Å². The molecule has 0 saturated carbocycles. The lowest BCUT2D eigenvalue weighted by atomic mass is 10.2. The van der Waals surface area contributed by atoms with Gasteiger partial charge in [0.25, 0.3) is 0 Å². The molecule has 2 aromatic heterocycles. The number of thiophene rings is 1. The van der Waals surface area contributed by atoms with E-state index in [9.17, 15) is 9.59 Å². The molecule has 0 aliphatic rings. The minimum atomic E-state index is -0.489. The Labute approximate surface area is 164 Å². The Morgan fingerprint density at radius 1 is 1.11 bits per heavy atom. The van der Waals surface area contributed by atoms with Crippen LogP contribution in [0.4, 0.5) is 0 Å². The average molecular weight is 392 g/mol. The summed E-state index contributed by atoms with van der Waals surface area (Å²) in [5, 5.41) is 5.48. The van der Waals surface area contributed by atoms with Gasteiger partial charge in [-0.1, -0.05) is 18.2 Å². The van der Waals surface area contributed by atoms with Crippen LogP contribution in [0.25, 0.3) is 15.9 Å². The zero-order valence-electron chi connectivity index (χ0n) is 15.2. The van der Waals surface area contributed by atoms with Gasteiger partial charge in [0, 0.05) is 10.9 Å². The highest BCUT2D eigenvalue weighted by Crippen LogP contribution is 2.33. The van der Waals surface area contributed by atoms with Crippen LogP contribution in [0, 0.1) is 6.92 Å². The van der Waals surface area contributed by atoms with E-state index in [0.29, 0.717) is 22.5 Å². The SMILES string of the molecule is COc1cc(C=O)ccc1OC(=O)c1cc2c(C)nn(-c3ccccc3)c2s1. The number of carbonyl (C=O) groups is 2. The maximum Gasteiger partial charge on any atom is 0.353 e. The molecule has 140 valence electrons. The lowest BCUT2D eigenvalue weighted by Gasteiger charge is -2.08. The molecule has 0 bridgehead atoms. The first-order chi connectivity index (χ1) is 13.6. The van der Waals surface area contributed by atoms with Crippen molar-refractivity contribution in [2.24, 2.45) is 0 Å². The highest BCUT2D eigenvalue weighted by Gasteiger charge is 2.20. The molecule has 2 aromatic carbocycles. The molecule has 4 aromatic rings. The van der Waals surface area contributed by atoms with E-state index >= 15 is 0 Å². The Balaban J connectivity index is 1.68. The summed E-state index contributed by atoms with van der Waals surface area (Å²) in [6.07, 6.45) is 0.707. The Morgan fingerprint density at radius 3 is 2.61 bits per heavy atom. The second-order valence-electron chi connectivity index (χ2n) is 6.08. The van der Waals surface area contributed by atoms with Crippen LogP contribution >= 0.6 is 11.3 Å². The van der Waals surface area contributed by atoms with E-state index in [1.165, 1.54) is 24.5 Å². The Morgan fingerprint density at radius 2 is 1.89 bits per heavy atom. The van der Waals surface area contributed by atoms with Crippen molar-refractivity contribution in [3.8, 4) is 17.2 Å².